The lowest BCUT2D eigenvalue weighted by Crippen LogP contribution is -2.29. The molecule has 0 radical (unpaired) electrons. The van der Waals surface area contributed by atoms with Crippen LogP contribution in [0.5, 0.6) is 5.75 Å². The van der Waals surface area contributed by atoms with Gasteiger partial charge in [0.2, 0.25) is 0 Å². The summed E-state index contributed by atoms with van der Waals surface area (Å²) in [5, 5.41) is 9.06. The van der Waals surface area contributed by atoms with Gasteiger partial charge in [-0.15, -0.1) is 0 Å². The van der Waals surface area contributed by atoms with Gasteiger partial charge in [0.1, 0.15) is 17.1 Å². The van der Waals surface area contributed by atoms with E-state index in [9.17, 15) is 14.4 Å². The molecular weight excluding hydrogens is 286 g/mol. The van der Waals surface area contributed by atoms with E-state index in [1.165, 1.54) is 26.2 Å². The average molecular weight is 301 g/mol. The third-order valence-corrected chi connectivity index (χ3v) is 3.17. The van der Waals surface area contributed by atoms with Crippen LogP contribution >= 0.6 is 0 Å². The highest BCUT2D eigenvalue weighted by atomic mass is 16.5. The molecule has 6 heteroatoms. The molecule has 22 heavy (non-hydrogen) atoms. The van der Waals surface area contributed by atoms with Gasteiger partial charge in [0.15, 0.2) is 0 Å². The van der Waals surface area contributed by atoms with E-state index in [1.54, 1.807) is 24.3 Å². The molecule has 0 aliphatic rings. The average Bonchev–Trinajstić information content (AvgIpc) is 2.48. The SMILES string of the molecule is COc1ccccc1-c1ccc(C(=O)O)c(=O)n1CC(C)=O. The first-order chi connectivity index (χ1) is 10.5. The number of carboxylic acids is 1. The molecule has 2 rings (SSSR count). The maximum Gasteiger partial charge on any atom is 0.341 e. The fourth-order valence-electron chi connectivity index (χ4n) is 2.21. The van der Waals surface area contributed by atoms with E-state index in [0.29, 0.717) is 17.0 Å². The number of carbonyl (C=O) groups excluding carboxylic acids is 1. The minimum absolute atomic E-state index is 0.201. The van der Waals surface area contributed by atoms with Gasteiger partial charge < -0.3 is 9.84 Å². The Balaban J connectivity index is 2.75. The van der Waals surface area contributed by atoms with E-state index in [2.05, 4.69) is 0 Å². The van der Waals surface area contributed by atoms with Crippen LogP contribution in [0.4, 0.5) is 0 Å². The van der Waals surface area contributed by atoms with Crippen LogP contribution in [0.1, 0.15) is 17.3 Å². The van der Waals surface area contributed by atoms with E-state index >= 15 is 0 Å². The Morgan fingerprint density at radius 2 is 1.86 bits per heavy atom. The molecule has 1 heterocycles. The van der Waals surface area contributed by atoms with Crippen LogP contribution in [0.15, 0.2) is 41.2 Å². The summed E-state index contributed by atoms with van der Waals surface area (Å²) in [5.41, 5.74) is -0.0473. The van der Waals surface area contributed by atoms with Gasteiger partial charge in [-0.25, -0.2) is 4.79 Å². The van der Waals surface area contributed by atoms with Crippen LogP contribution in [-0.2, 0) is 11.3 Å². The van der Waals surface area contributed by atoms with Gasteiger partial charge in [-0.2, -0.15) is 0 Å². The highest BCUT2D eigenvalue weighted by molar-refractivity contribution is 5.88. The summed E-state index contributed by atoms with van der Waals surface area (Å²) in [5.74, 6) is -1.04. The summed E-state index contributed by atoms with van der Waals surface area (Å²) < 4.78 is 6.42. The Morgan fingerprint density at radius 3 is 2.45 bits per heavy atom. The number of nitrogens with zero attached hydrogens (tertiary/aromatic N) is 1. The molecule has 0 unspecified atom stereocenters. The molecule has 0 saturated heterocycles. The molecule has 0 atom stereocenters. The second-order valence-corrected chi connectivity index (χ2v) is 4.73. The molecule has 0 aliphatic heterocycles. The number of pyridine rings is 1. The molecule has 6 nitrogen and oxygen atoms in total. The first-order valence-corrected chi connectivity index (χ1v) is 6.55. The van der Waals surface area contributed by atoms with Crippen LogP contribution in [0.2, 0.25) is 0 Å². The molecule has 0 fully saturated rings. The molecule has 0 bridgehead atoms. The van der Waals surface area contributed by atoms with Gasteiger partial charge in [-0.3, -0.25) is 14.2 Å². The molecule has 114 valence electrons. The molecule has 1 aromatic carbocycles. The summed E-state index contributed by atoms with van der Waals surface area (Å²) in [6, 6.07) is 9.76. The fraction of sp³-hybridized carbons (Fsp3) is 0.188. The lowest BCUT2D eigenvalue weighted by molar-refractivity contribution is -0.117. The predicted molar refractivity (Wildman–Crippen MR) is 80.3 cm³/mol. The van der Waals surface area contributed by atoms with E-state index in [-0.39, 0.29) is 17.9 Å². The van der Waals surface area contributed by atoms with Gasteiger partial charge in [-0.1, -0.05) is 12.1 Å². The van der Waals surface area contributed by atoms with Crippen molar-refractivity contribution in [3.8, 4) is 17.0 Å². The van der Waals surface area contributed by atoms with Crippen molar-refractivity contribution in [1.29, 1.82) is 0 Å². The number of carbonyl (C=O) groups is 2. The van der Waals surface area contributed by atoms with E-state index in [4.69, 9.17) is 9.84 Å². The maximum atomic E-state index is 12.3. The summed E-state index contributed by atoms with van der Waals surface area (Å²) in [7, 11) is 1.50. The lowest BCUT2D eigenvalue weighted by Gasteiger charge is -2.15. The topological polar surface area (TPSA) is 85.6 Å². The van der Waals surface area contributed by atoms with Gasteiger partial charge in [0.25, 0.3) is 5.56 Å². The van der Waals surface area contributed by atoms with Crippen molar-refractivity contribution in [3.63, 3.8) is 0 Å². The number of Topliss-reactive ketones (excluding diaryl/α,β-unsaturated/α-hetero) is 1. The van der Waals surface area contributed by atoms with Gasteiger partial charge in [0.05, 0.1) is 19.3 Å². The Morgan fingerprint density at radius 1 is 1.18 bits per heavy atom. The molecule has 1 aromatic heterocycles. The van der Waals surface area contributed by atoms with Gasteiger partial charge >= 0.3 is 5.97 Å². The quantitative estimate of drug-likeness (QED) is 0.910. The summed E-state index contributed by atoms with van der Waals surface area (Å²) in [6.45, 7) is 1.14. The zero-order valence-electron chi connectivity index (χ0n) is 12.2. The lowest BCUT2D eigenvalue weighted by atomic mass is 10.1. The first kappa shape index (κ1) is 15.5. The van der Waals surface area contributed by atoms with Crippen molar-refractivity contribution < 1.29 is 19.4 Å². The van der Waals surface area contributed by atoms with Crippen molar-refractivity contribution in [2.45, 2.75) is 13.5 Å². The second kappa shape index (κ2) is 6.26. The normalized spacial score (nSPS) is 10.3. The van der Waals surface area contributed by atoms with Gasteiger partial charge in [-0.05, 0) is 31.2 Å². The molecule has 0 aliphatic carbocycles. The third-order valence-electron chi connectivity index (χ3n) is 3.17. The van der Waals surface area contributed by atoms with Gasteiger partial charge in [0, 0.05) is 5.56 Å². The second-order valence-electron chi connectivity index (χ2n) is 4.73. The van der Waals surface area contributed by atoms with Crippen molar-refractivity contribution in [2.24, 2.45) is 0 Å². The number of ether oxygens (including phenoxy) is 1. The fourth-order valence-corrected chi connectivity index (χ4v) is 2.21. The van der Waals surface area contributed by atoms with E-state index in [1.807, 2.05) is 0 Å². The largest absolute Gasteiger partial charge is 0.496 e. The van der Waals surface area contributed by atoms with Crippen molar-refractivity contribution in [2.75, 3.05) is 7.11 Å². The monoisotopic (exact) mass is 301 g/mol. The molecular formula is C16H15NO5. The molecule has 0 spiro atoms. The number of ketones is 1. The number of para-hydroxylation sites is 1. The Bertz CT molecular complexity index is 791. The number of carboxylic acid groups (broad SMARTS) is 1. The number of benzene rings is 1. The number of rotatable bonds is 5. The molecule has 1 N–H and O–H groups in total. The Hall–Kier alpha value is -2.89. The zero-order chi connectivity index (χ0) is 16.3. The summed E-state index contributed by atoms with van der Waals surface area (Å²) in [6.07, 6.45) is 0. The predicted octanol–water partition coefficient (Wildman–Crippen LogP) is 1.81. The summed E-state index contributed by atoms with van der Waals surface area (Å²) >= 11 is 0. The smallest absolute Gasteiger partial charge is 0.341 e. The molecule has 0 amide bonds. The van der Waals surface area contributed by atoms with Crippen LogP contribution < -0.4 is 10.3 Å². The van der Waals surface area contributed by atoms with Crippen LogP contribution in [0.3, 0.4) is 0 Å². The Labute approximate surface area is 126 Å². The van der Waals surface area contributed by atoms with Crippen LogP contribution in [0, 0.1) is 0 Å². The number of hydrogen-bond donors (Lipinski definition) is 1. The number of methoxy groups -OCH3 is 1. The molecule has 0 saturated carbocycles. The first-order valence-electron chi connectivity index (χ1n) is 6.55. The van der Waals surface area contributed by atoms with Crippen molar-refractivity contribution in [3.05, 3.63) is 52.3 Å². The van der Waals surface area contributed by atoms with Crippen LogP contribution in [-0.4, -0.2) is 28.5 Å². The zero-order valence-corrected chi connectivity index (χ0v) is 12.2. The minimum atomic E-state index is -1.33. The third kappa shape index (κ3) is 2.90. The van der Waals surface area contributed by atoms with Crippen LogP contribution in [0.25, 0.3) is 11.3 Å². The number of aromatic nitrogens is 1. The van der Waals surface area contributed by atoms with Crippen molar-refractivity contribution >= 4 is 11.8 Å². The standard InChI is InChI=1S/C16H15NO5/c1-10(18)9-17-13(8-7-12(15(17)19)16(20)21)11-5-3-4-6-14(11)22-2/h3-8H,9H2,1-2H3,(H,20,21). The minimum Gasteiger partial charge on any atom is -0.496 e. The van der Waals surface area contributed by atoms with Crippen molar-refractivity contribution in [1.82, 2.24) is 4.57 Å². The Kier molecular flexibility index (Phi) is 4.41. The van der Waals surface area contributed by atoms with E-state index in [0.717, 1.165) is 4.57 Å². The number of aromatic carboxylic acids is 1. The highest BCUT2D eigenvalue weighted by Crippen LogP contribution is 2.28. The number of hydrogen-bond acceptors (Lipinski definition) is 4. The highest BCUT2D eigenvalue weighted by Gasteiger charge is 2.17. The molecule has 2 aromatic rings. The maximum absolute atomic E-state index is 12.3. The van der Waals surface area contributed by atoms with E-state index < -0.39 is 11.5 Å². The summed E-state index contributed by atoms with van der Waals surface area (Å²) in [4.78, 5) is 34.9.